The molecule has 1 N–H and O–H groups in total. The summed E-state index contributed by atoms with van der Waals surface area (Å²) in [4.78, 5) is 16.8. The molecule has 0 spiro atoms. The van der Waals surface area contributed by atoms with Gasteiger partial charge in [-0.3, -0.25) is 4.79 Å². The fourth-order valence-corrected chi connectivity index (χ4v) is 4.19. The van der Waals surface area contributed by atoms with E-state index in [1.54, 1.807) is 11.8 Å². The van der Waals surface area contributed by atoms with Crippen LogP contribution in [0.2, 0.25) is 0 Å². The number of aryl methyl sites for hydroxylation is 1. The maximum absolute atomic E-state index is 12.4. The maximum Gasteiger partial charge on any atom is 0.236 e. The number of amides is 1. The molecule has 0 aliphatic rings. The number of hydrogen-bond donors (Lipinski definition) is 1. The first kappa shape index (κ1) is 18.4. The number of methoxy groups -OCH3 is 1. The Hall–Kier alpha value is -2.98. The van der Waals surface area contributed by atoms with Gasteiger partial charge in [0, 0.05) is 0 Å². The summed E-state index contributed by atoms with van der Waals surface area (Å²) in [5, 5.41) is 15.7. The summed E-state index contributed by atoms with van der Waals surface area (Å²) < 4.78 is 7.80. The maximum atomic E-state index is 12.4. The first-order chi connectivity index (χ1) is 13.6. The molecule has 2 aromatic heterocycles. The third-order valence-electron chi connectivity index (χ3n) is 3.96. The van der Waals surface area contributed by atoms with Crippen molar-refractivity contribution >= 4 is 44.4 Å². The number of nitrogens with one attached hydrogen (secondary N) is 1. The van der Waals surface area contributed by atoms with Gasteiger partial charge in [0.2, 0.25) is 11.1 Å². The van der Waals surface area contributed by atoms with E-state index in [0.29, 0.717) is 10.3 Å². The number of rotatable bonds is 6. The molecule has 0 fully saturated rings. The van der Waals surface area contributed by atoms with Crippen LogP contribution in [0.3, 0.4) is 0 Å². The minimum Gasteiger partial charge on any atom is -0.497 e. The van der Waals surface area contributed by atoms with Crippen LogP contribution in [0.25, 0.3) is 15.9 Å². The predicted octanol–water partition coefficient (Wildman–Crippen LogP) is 3.32. The number of carbonyl (C=O) groups excluding carboxylic acids is 1. The number of aromatic nitrogens is 5. The summed E-state index contributed by atoms with van der Waals surface area (Å²) in [6, 6.07) is 13.4. The number of thiazole rings is 1. The summed E-state index contributed by atoms with van der Waals surface area (Å²) in [6.07, 6.45) is 0. The molecule has 4 rings (SSSR count). The molecule has 0 saturated heterocycles. The number of fused-ring (bicyclic) bond motifs is 1. The van der Waals surface area contributed by atoms with Gasteiger partial charge >= 0.3 is 0 Å². The van der Waals surface area contributed by atoms with Crippen LogP contribution in [-0.4, -0.2) is 44.0 Å². The van der Waals surface area contributed by atoms with Crippen molar-refractivity contribution in [2.45, 2.75) is 12.1 Å². The normalized spacial score (nSPS) is 10.9. The third-order valence-corrected chi connectivity index (χ3v) is 5.81. The van der Waals surface area contributed by atoms with E-state index in [9.17, 15) is 4.79 Å². The van der Waals surface area contributed by atoms with Crippen LogP contribution in [-0.2, 0) is 4.79 Å². The fraction of sp³-hybridized carbons (Fsp3) is 0.167. The molecule has 4 aromatic rings. The van der Waals surface area contributed by atoms with Gasteiger partial charge in [0.05, 0.1) is 28.8 Å². The molecular formula is C18H16N6O2S2. The Balaban J connectivity index is 1.43. The highest BCUT2D eigenvalue weighted by atomic mass is 32.2. The van der Waals surface area contributed by atoms with Crippen molar-refractivity contribution in [2.75, 3.05) is 18.2 Å². The highest BCUT2D eigenvalue weighted by Crippen LogP contribution is 2.29. The average molecular weight is 413 g/mol. The van der Waals surface area contributed by atoms with Gasteiger partial charge in [-0.05, 0) is 47.2 Å². The van der Waals surface area contributed by atoms with E-state index in [-0.39, 0.29) is 11.7 Å². The quantitative estimate of drug-likeness (QED) is 0.485. The van der Waals surface area contributed by atoms with Crippen molar-refractivity contribution in [3.8, 4) is 11.4 Å². The molecule has 10 heteroatoms. The Morgan fingerprint density at radius 1 is 1.29 bits per heavy atom. The lowest BCUT2D eigenvalue weighted by Gasteiger charge is -2.06. The number of nitrogens with zero attached hydrogens (tertiary/aromatic N) is 5. The molecule has 0 radical (unpaired) electrons. The summed E-state index contributed by atoms with van der Waals surface area (Å²) in [5.74, 6) is 0.758. The molecule has 0 atom stereocenters. The Morgan fingerprint density at radius 3 is 2.96 bits per heavy atom. The second-order valence-corrected chi connectivity index (χ2v) is 7.82. The van der Waals surface area contributed by atoms with Gasteiger partial charge < -0.3 is 10.1 Å². The fourth-order valence-electron chi connectivity index (χ4n) is 2.59. The smallest absolute Gasteiger partial charge is 0.236 e. The second kappa shape index (κ2) is 7.95. The van der Waals surface area contributed by atoms with Crippen LogP contribution >= 0.6 is 23.1 Å². The largest absolute Gasteiger partial charge is 0.497 e. The lowest BCUT2D eigenvalue weighted by Crippen LogP contribution is -2.14. The van der Waals surface area contributed by atoms with Crippen LogP contribution in [0.5, 0.6) is 5.75 Å². The van der Waals surface area contributed by atoms with E-state index in [1.165, 1.54) is 23.1 Å². The van der Waals surface area contributed by atoms with Gasteiger partial charge in [0.15, 0.2) is 5.13 Å². The van der Waals surface area contributed by atoms with Gasteiger partial charge in [-0.1, -0.05) is 41.3 Å². The van der Waals surface area contributed by atoms with Gasteiger partial charge in [0.1, 0.15) is 5.75 Å². The number of carbonyl (C=O) groups is 1. The number of benzene rings is 2. The van der Waals surface area contributed by atoms with Crippen molar-refractivity contribution in [1.29, 1.82) is 0 Å². The summed E-state index contributed by atoms with van der Waals surface area (Å²) >= 11 is 2.67. The SMILES string of the molecule is COc1ccc2nc(NC(=O)CSc3nnnn3-c3ccccc3C)sc2c1. The number of para-hydroxylation sites is 1. The van der Waals surface area contributed by atoms with Crippen LogP contribution < -0.4 is 10.1 Å². The summed E-state index contributed by atoms with van der Waals surface area (Å²) in [6.45, 7) is 1.99. The lowest BCUT2D eigenvalue weighted by molar-refractivity contribution is -0.113. The number of thioether (sulfide) groups is 1. The second-order valence-electron chi connectivity index (χ2n) is 5.85. The number of tetrazole rings is 1. The highest BCUT2D eigenvalue weighted by Gasteiger charge is 2.14. The first-order valence-corrected chi connectivity index (χ1v) is 10.2. The van der Waals surface area contributed by atoms with Crippen molar-refractivity contribution in [1.82, 2.24) is 25.2 Å². The van der Waals surface area contributed by atoms with Crippen LogP contribution in [0.1, 0.15) is 5.56 Å². The zero-order chi connectivity index (χ0) is 19.5. The molecule has 0 bridgehead atoms. The number of ether oxygens (including phenoxy) is 1. The van der Waals surface area contributed by atoms with Crippen LogP contribution in [0.15, 0.2) is 47.6 Å². The third kappa shape index (κ3) is 3.82. The Bertz CT molecular complexity index is 1140. The Morgan fingerprint density at radius 2 is 2.14 bits per heavy atom. The van der Waals surface area contributed by atoms with Crippen molar-refractivity contribution in [3.05, 3.63) is 48.0 Å². The van der Waals surface area contributed by atoms with E-state index in [2.05, 4.69) is 25.8 Å². The van der Waals surface area contributed by atoms with E-state index < -0.39 is 0 Å². The lowest BCUT2D eigenvalue weighted by atomic mass is 10.2. The van der Waals surface area contributed by atoms with E-state index >= 15 is 0 Å². The molecule has 1 amide bonds. The van der Waals surface area contributed by atoms with Crippen molar-refractivity contribution in [3.63, 3.8) is 0 Å². The van der Waals surface area contributed by atoms with E-state index in [4.69, 9.17) is 4.74 Å². The van der Waals surface area contributed by atoms with E-state index in [0.717, 1.165) is 27.2 Å². The Kier molecular flexibility index (Phi) is 5.22. The minimum atomic E-state index is -0.171. The molecule has 0 aliphatic heterocycles. The van der Waals surface area contributed by atoms with Crippen LogP contribution in [0.4, 0.5) is 5.13 Å². The standard InChI is InChI=1S/C18H16N6O2S2/c1-11-5-3-4-6-14(11)24-18(21-22-23-24)27-10-16(25)20-17-19-13-8-7-12(26-2)9-15(13)28-17/h3-9H,10H2,1-2H3,(H,19,20,25). The first-order valence-electron chi connectivity index (χ1n) is 8.35. The molecule has 0 unspecified atom stereocenters. The topological polar surface area (TPSA) is 94.8 Å². The van der Waals surface area contributed by atoms with Crippen molar-refractivity contribution in [2.24, 2.45) is 0 Å². The zero-order valence-electron chi connectivity index (χ0n) is 15.1. The molecule has 0 aliphatic carbocycles. The molecule has 28 heavy (non-hydrogen) atoms. The summed E-state index contributed by atoms with van der Waals surface area (Å²) in [7, 11) is 1.62. The highest BCUT2D eigenvalue weighted by molar-refractivity contribution is 7.99. The van der Waals surface area contributed by atoms with Crippen LogP contribution in [0, 0.1) is 6.92 Å². The summed E-state index contributed by atoms with van der Waals surface area (Å²) in [5.41, 5.74) is 2.75. The predicted molar refractivity (Wildman–Crippen MR) is 109 cm³/mol. The average Bonchev–Trinajstić information content (AvgIpc) is 3.32. The monoisotopic (exact) mass is 412 g/mol. The van der Waals surface area contributed by atoms with Gasteiger partial charge in [-0.25, -0.2) is 4.98 Å². The molecule has 142 valence electrons. The Labute approximate surface area is 168 Å². The molecule has 2 heterocycles. The van der Waals surface area contributed by atoms with Gasteiger partial charge in [0.25, 0.3) is 0 Å². The van der Waals surface area contributed by atoms with E-state index in [1.807, 2.05) is 49.4 Å². The molecule has 0 saturated carbocycles. The number of hydrogen-bond acceptors (Lipinski definition) is 8. The van der Waals surface area contributed by atoms with Gasteiger partial charge in [-0.2, -0.15) is 4.68 Å². The van der Waals surface area contributed by atoms with Gasteiger partial charge in [-0.15, -0.1) is 5.10 Å². The van der Waals surface area contributed by atoms with Crippen molar-refractivity contribution < 1.29 is 9.53 Å². The molecule has 2 aromatic carbocycles. The number of anilines is 1. The molecular weight excluding hydrogens is 396 g/mol. The zero-order valence-corrected chi connectivity index (χ0v) is 16.8. The molecule has 8 nitrogen and oxygen atoms in total. The minimum absolute atomic E-state index is 0.171.